The van der Waals surface area contributed by atoms with E-state index in [9.17, 15) is 14.3 Å². The van der Waals surface area contributed by atoms with Gasteiger partial charge in [-0.05, 0) is 24.3 Å². The second-order valence-electron chi connectivity index (χ2n) is 4.68. The van der Waals surface area contributed by atoms with Crippen molar-refractivity contribution in [3.63, 3.8) is 0 Å². The molecule has 0 fully saturated rings. The molecule has 1 aromatic carbocycles. The van der Waals surface area contributed by atoms with Crippen LogP contribution in [0.25, 0.3) is 5.65 Å². The summed E-state index contributed by atoms with van der Waals surface area (Å²) in [5, 5.41) is 17.4. The number of carbonyl (C=O) groups is 1. The number of aromatic carboxylic acids is 1. The average molecular weight is 349 g/mol. The van der Waals surface area contributed by atoms with Crippen molar-refractivity contribution >= 4 is 34.7 Å². The number of aromatic nitrogens is 2. The molecule has 2 heterocycles. The molecule has 0 saturated carbocycles. The van der Waals surface area contributed by atoms with Gasteiger partial charge in [0, 0.05) is 12.3 Å². The number of benzene rings is 1. The van der Waals surface area contributed by atoms with Gasteiger partial charge in [0.15, 0.2) is 11.5 Å². The lowest BCUT2D eigenvalue weighted by atomic mass is 10.3. The van der Waals surface area contributed by atoms with Crippen molar-refractivity contribution in [2.24, 2.45) is 10.2 Å². The van der Waals surface area contributed by atoms with Crippen LogP contribution < -0.4 is 4.74 Å². The number of methoxy groups -OCH3 is 1. The zero-order valence-corrected chi connectivity index (χ0v) is 13.0. The molecule has 3 aromatic rings. The molecule has 0 radical (unpaired) electrons. The fourth-order valence-corrected chi connectivity index (χ4v) is 2.20. The summed E-state index contributed by atoms with van der Waals surface area (Å²) in [5.41, 5.74) is 0.168. The SMILES string of the molecule is COc1ccc(Cl)c(N=Nc2c(C(=O)O)nc3ccc(F)cn23)c1. The average Bonchev–Trinajstić information content (AvgIpc) is 2.92. The second-order valence-corrected chi connectivity index (χ2v) is 5.09. The van der Waals surface area contributed by atoms with Gasteiger partial charge in [-0.2, -0.15) is 0 Å². The minimum Gasteiger partial charge on any atom is -0.497 e. The minimum absolute atomic E-state index is 0.115. The Bertz CT molecular complexity index is 971. The first kappa shape index (κ1) is 15.9. The lowest BCUT2D eigenvalue weighted by molar-refractivity contribution is 0.0692. The zero-order chi connectivity index (χ0) is 17.3. The van der Waals surface area contributed by atoms with Gasteiger partial charge >= 0.3 is 5.97 Å². The number of ether oxygens (including phenoxy) is 1. The Hall–Kier alpha value is -3.00. The molecule has 0 spiro atoms. The number of carboxylic acid groups (broad SMARTS) is 1. The summed E-state index contributed by atoms with van der Waals surface area (Å²) in [4.78, 5) is 15.2. The molecule has 122 valence electrons. The number of imidazole rings is 1. The molecule has 2 aromatic heterocycles. The fraction of sp³-hybridized carbons (Fsp3) is 0.0667. The van der Waals surface area contributed by atoms with Crippen LogP contribution in [0.4, 0.5) is 15.9 Å². The van der Waals surface area contributed by atoms with E-state index in [1.807, 2.05) is 0 Å². The summed E-state index contributed by atoms with van der Waals surface area (Å²) in [6.07, 6.45) is 1.08. The molecule has 7 nitrogen and oxygen atoms in total. The minimum atomic E-state index is -1.30. The van der Waals surface area contributed by atoms with E-state index in [4.69, 9.17) is 16.3 Å². The standard InChI is InChI=1S/C15H10ClFN4O3/c1-24-9-3-4-10(16)11(6-9)19-20-14-13(15(22)23)18-12-5-2-8(17)7-21(12)14/h2-7H,1H3,(H,22,23). The van der Waals surface area contributed by atoms with Gasteiger partial charge in [0.2, 0.25) is 0 Å². The van der Waals surface area contributed by atoms with Crippen LogP contribution in [0, 0.1) is 5.82 Å². The number of azo groups is 1. The van der Waals surface area contributed by atoms with E-state index in [1.165, 1.54) is 29.7 Å². The Labute approximate surface area is 140 Å². The Morgan fingerprint density at radius 1 is 1.33 bits per heavy atom. The van der Waals surface area contributed by atoms with Crippen LogP contribution in [0.5, 0.6) is 5.75 Å². The number of fused-ring (bicyclic) bond motifs is 1. The van der Waals surface area contributed by atoms with Gasteiger partial charge in [0.05, 0.1) is 12.1 Å². The maximum absolute atomic E-state index is 13.4. The van der Waals surface area contributed by atoms with Crippen molar-refractivity contribution in [1.29, 1.82) is 0 Å². The van der Waals surface area contributed by atoms with Crippen LogP contribution >= 0.6 is 11.6 Å². The molecule has 1 N–H and O–H groups in total. The van der Waals surface area contributed by atoms with Gasteiger partial charge in [-0.1, -0.05) is 11.6 Å². The van der Waals surface area contributed by atoms with E-state index in [0.717, 1.165) is 6.20 Å². The van der Waals surface area contributed by atoms with Crippen LogP contribution in [-0.4, -0.2) is 27.6 Å². The molecule has 9 heteroatoms. The second kappa shape index (κ2) is 6.25. The van der Waals surface area contributed by atoms with Crippen molar-refractivity contribution in [1.82, 2.24) is 9.38 Å². The maximum Gasteiger partial charge on any atom is 0.358 e. The van der Waals surface area contributed by atoms with Crippen molar-refractivity contribution in [3.8, 4) is 5.75 Å². The van der Waals surface area contributed by atoms with Crippen molar-refractivity contribution < 1.29 is 19.0 Å². The number of halogens is 2. The first-order chi connectivity index (χ1) is 11.5. The highest BCUT2D eigenvalue weighted by atomic mass is 35.5. The fourth-order valence-electron chi connectivity index (χ4n) is 2.04. The lowest BCUT2D eigenvalue weighted by Gasteiger charge is -2.02. The highest BCUT2D eigenvalue weighted by Gasteiger charge is 2.18. The van der Waals surface area contributed by atoms with Crippen LogP contribution in [0.3, 0.4) is 0 Å². The van der Waals surface area contributed by atoms with Gasteiger partial charge in [-0.25, -0.2) is 14.2 Å². The highest BCUT2D eigenvalue weighted by molar-refractivity contribution is 6.33. The number of nitrogens with zero attached hydrogens (tertiary/aromatic N) is 4. The predicted molar refractivity (Wildman–Crippen MR) is 84.3 cm³/mol. The Kier molecular flexibility index (Phi) is 4.13. The molecular weight excluding hydrogens is 339 g/mol. The maximum atomic E-state index is 13.4. The van der Waals surface area contributed by atoms with E-state index in [1.54, 1.807) is 12.1 Å². The van der Waals surface area contributed by atoms with Crippen molar-refractivity contribution in [2.45, 2.75) is 0 Å². The normalized spacial score (nSPS) is 11.3. The van der Waals surface area contributed by atoms with Crippen molar-refractivity contribution in [3.05, 3.63) is 53.1 Å². The number of carboxylic acids is 1. The van der Waals surface area contributed by atoms with Crippen LogP contribution in [0.1, 0.15) is 10.5 Å². The van der Waals surface area contributed by atoms with Gasteiger partial charge < -0.3 is 9.84 Å². The van der Waals surface area contributed by atoms with Gasteiger partial charge in [-0.3, -0.25) is 4.40 Å². The summed E-state index contributed by atoms with van der Waals surface area (Å²) >= 11 is 6.03. The third-order valence-electron chi connectivity index (χ3n) is 3.17. The number of pyridine rings is 1. The van der Waals surface area contributed by atoms with Crippen LogP contribution in [0.2, 0.25) is 5.02 Å². The van der Waals surface area contributed by atoms with E-state index in [-0.39, 0.29) is 22.8 Å². The monoisotopic (exact) mass is 348 g/mol. The summed E-state index contributed by atoms with van der Waals surface area (Å²) < 4.78 is 19.7. The quantitative estimate of drug-likeness (QED) is 0.714. The lowest BCUT2D eigenvalue weighted by Crippen LogP contribution is -1.96. The molecule has 0 amide bonds. The predicted octanol–water partition coefficient (Wildman–Crippen LogP) is 4.25. The third-order valence-corrected chi connectivity index (χ3v) is 3.49. The van der Waals surface area contributed by atoms with E-state index >= 15 is 0 Å². The summed E-state index contributed by atoms with van der Waals surface area (Å²) in [6.45, 7) is 0. The number of hydrogen-bond acceptors (Lipinski definition) is 5. The van der Waals surface area contributed by atoms with Crippen LogP contribution in [-0.2, 0) is 0 Å². The summed E-state index contributed by atoms with van der Waals surface area (Å²) in [7, 11) is 1.49. The van der Waals surface area contributed by atoms with Crippen LogP contribution in [0.15, 0.2) is 46.8 Å². The van der Waals surface area contributed by atoms with Crippen molar-refractivity contribution in [2.75, 3.05) is 7.11 Å². The topological polar surface area (TPSA) is 88.5 Å². The summed E-state index contributed by atoms with van der Waals surface area (Å²) in [5.74, 6) is -1.47. The zero-order valence-electron chi connectivity index (χ0n) is 12.3. The number of rotatable bonds is 4. The molecule has 0 aliphatic heterocycles. The Balaban J connectivity index is 2.13. The molecule has 0 atom stereocenters. The smallest absolute Gasteiger partial charge is 0.358 e. The molecule has 0 bridgehead atoms. The molecule has 0 unspecified atom stereocenters. The molecule has 24 heavy (non-hydrogen) atoms. The molecule has 3 rings (SSSR count). The van der Waals surface area contributed by atoms with E-state index < -0.39 is 11.8 Å². The molecule has 0 aliphatic rings. The molecule has 0 saturated heterocycles. The third kappa shape index (κ3) is 2.91. The Morgan fingerprint density at radius 3 is 2.83 bits per heavy atom. The summed E-state index contributed by atoms with van der Waals surface area (Å²) in [6, 6.07) is 7.28. The van der Waals surface area contributed by atoms with E-state index in [2.05, 4.69) is 15.2 Å². The number of hydrogen-bond donors (Lipinski definition) is 1. The largest absolute Gasteiger partial charge is 0.497 e. The van der Waals surface area contributed by atoms with Gasteiger partial charge in [-0.15, -0.1) is 10.2 Å². The first-order valence-corrected chi connectivity index (χ1v) is 7.03. The molecular formula is C15H10ClFN4O3. The highest BCUT2D eigenvalue weighted by Crippen LogP contribution is 2.31. The van der Waals surface area contributed by atoms with E-state index in [0.29, 0.717) is 10.8 Å². The first-order valence-electron chi connectivity index (χ1n) is 6.66. The van der Waals surface area contributed by atoms with Gasteiger partial charge in [0.1, 0.15) is 22.9 Å². The van der Waals surface area contributed by atoms with Gasteiger partial charge in [0.25, 0.3) is 0 Å². The molecule has 0 aliphatic carbocycles. The Morgan fingerprint density at radius 2 is 2.12 bits per heavy atom.